The summed E-state index contributed by atoms with van der Waals surface area (Å²) < 4.78 is 11.8. The van der Waals surface area contributed by atoms with Gasteiger partial charge in [0.25, 0.3) is 0 Å². The Hall–Kier alpha value is -0.990. The zero-order valence-corrected chi connectivity index (χ0v) is 6.21. The van der Waals surface area contributed by atoms with Crippen molar-refractivity contribution in [2.45, 2.75) is 20.3 Å². The van der Waals surface area contributed by atoms with Crippen molar-refractivity contribution in [3.8, 4) is 0 Å². The molecule has 0 unspecified atom stereocenters. The molecule has 0 fully saturated rings. The lowest BCUT2D eigenvalue weighted by Crippen LogP contribution is -1.78. The summed E-state index contributed by atoms with van der Waals surface area (Å²) >= 11 is 0. The number of hydrogen-bond acceptors (Lipinski definition) is 2. The number of hydrogen-bond donors (Lipinski definition) is 0. The van der Waals surface area contributed by atoms with Crippen LogP contribution in [0.25, 0.3) is 0 Å². The second-order valence-electron chi connectivity index (χ2n) is 1.74. The van der Waals surface area contributed by atoms with Crippen LogP contribution in [-0.2, 0) is 0 Å². The van der Waals surface area contributed by atoms with E-state index in [9.17, 15) is 4.39 Å². The third kappa shape index (κ3) is 5.15. The fourth-order valence-corrected chi connectivity index (χ4v) is 0.275. The van der Waals surface area contributed by atoms with Crippen molar-refractivity contribution in [1.82, 2.24) is 9.97 Å². The van der Waals surface area contributed by atoms with Gasteiger partial charge in [-0.1, -0.05) is 20.3 Å². The van der Waals surface area contributed by atoms with Crippen molar-refractivity contribution < 1.29 is 4.39 Å². The van der Waals surface area contributed by atoms with Gasteiger partial charge in [-0.15, -0.1) is 0 Å². The summed E-state index contributed by atoms with van der Waals surface area (Å²) in [5, 5.41) is 0. The van der Waals surface area contributed by atoms with Crippen molar-refractivity contribution in [2.24, 2.45) is 0 Å². The van der Waals surface area contributed by atoms with Gasteiger partial charge in [-0.2, -0.15) is 4.39 Å². The topological polar surface area (TPSA) is 25.8 Å². The van der Waals surface area contributed by atoms with E-state index in [0.717, 1.165) is 6.33 Å². The Kier molecular flexibility index (Phi) is 5.53. The second-order valence-corrected chi connectivity index (χ2v) is 1.74. The van der Waals surface area contributed by atoms with Crippen LogP contribution in [0.1, 0.15) is 20.3 Å². The molecule has 56 valence electrons. The number of halogens is 1. The molecule has 3 heteroatoms. The summed E-state index contributed by atoms with van der Waals surface area (Å²) in [5.41, 5.74) is 0. The molecule has 0 amide bonds. The molecule has 0 spiro atoms. The molecule has 1 rings (SSSR count). The van der Waals surface area contributed by atoms with Gasteiger partial charge in [0.05, 0.1) is 0 Å². The molecule has 0 atom stereocenters. The maximum Gasteiger partial charge on any atom is 0.215 e. The molecule has 0 saturated heterocycles. The molecular formula is C7H11FN2. The first kappa shape index (κ1) is 9.01. The molecule has 1 aromatic heterocycles. The van der Waals surface area contributed by atoms with Crippen molar-refractivity contribution in [1.29, 1.82) is 0 Å². The lowest BCUT2D eigenvalue weighted by molar-refractivity contribution is 0.579. The molecular weight excluding hydrogens is 131 g/mol. The van der Waals surface area contributed by atoms with Gasteiger partial charge >= 0.3 is 0 Å². The largest absolute Gasteiger partial charge is 0.245 e. The van der Waals surface area contributed by atoms with Crippen LogP contribution in [0, 0.1) is 5.95 Å². The van der Waals surface area contributed by atoms with Gasteiger partial charge in [0, 0.05) is 12.3 Å². The Labute approximate surface area is 60.1 Å². The van der Waals surface area contributed by atoms with E-state index in [1.165, 1.54) is 18.7 Å². The number of rotatable bonds is 0. The third-order valence-electron chi connectivity index (χ3n) is 0.546. The minimum absolute atomic E-state index is 0.491. The van der Waals surface area contributed by atoms with E-state index in [1.807, 2.05) is 0 Å². The summed E-state index contributed by atoms with van der Waals surface area (Å²) in [7, 11) is 0. The first-order chi connectivity index (χ1) is 4.81. The first-order valence-corrected chi connectivity index (χ1v) is 3.22. The molecule has 0 radical (unpaired) electrons. The van der Waals surface area contributed by atoms with Crippen LogP contribution in [0.15, 0.2) is 18.6 Å². The van der Waals surface area contributed by atoms with Gasteiger partial charge < -0.3 is 0 Å². The molecule has 10 heavy (non-hydrogen) atoms. The first-order valence-electron chi connectivity index (χ1n) is 3.22. The zero-order chi connectivity index (χ0) is 7.82. The Balaban J connectivity index is 0.000000236. The van der Waals surface area contributed by atoms with Crippen LogP contribution < -0.4 is 0 Å². The van der Waals surface area contributed by atoms with Gasteiger partial charge in [-0.3, -0.25) is 0 Å². The summed E-state index contributed by atoms with van der Waals surface area (Å²) in [6, 6.07) is 1.19. The maximum atomic E-state index is 11.8. The predicted octanol–water partition coefficient (Wildman–Crippen LogP) is 2.03. The van der Waals surface area contributed by atoms with Crippen molar-refractivity contribution >= 4 is 0 Å². The van der Waals surface area contributed by atoms with Gasteiger partial charge in [0.15, 0.2) is 0 Å². The van der Waals surface area contributed by atoms with Crippen LogP contribution in [-0.4, -0.2) is 9.97 Å². The average molecular weight is 142 g/mol. The molecule has 1 aromatic rings. The van der Waals surface area contributed by atoms with Gasteiger partial charge in [0.2, 0.25) is 5.95 Å². The number of nitrogens with zero attached hydrogens (tertiary/aromatic N) is 2. The van der Waals surface area contributed by atoms with Gasteiger partial charge in [0.1, 0.15) is 6.33 Å². The van der Waals surface area contributed by atoms with Crippen LogP contribution in [0.5, 0.6) is 0 Å². The third-order valence-corrected chi connectivity index (χ3v) is 0.546. The monoisotopic (exact) mass is 142 g/mol. The van der Waals surface area contributed by atoms with Crippen LogP contribution in [0.3, 0.4) is 0 Å². The van der Waals surface area contributed by atoms with E-state index >= 15 is 0 Å². The van der Waals surface area contributed by atoms with Crippen molar-refractivity contribution in [3.63, 3.8) is 0 Å². The summed E-state index contributed by atoms with van der Waals surface area (Å²) in [4.78, 5) is 6.70. The summed E-state index contributed by atoms with van der Waals surface area (Å²) in [5.74, 6) is -0.491. The fourth-order valence-electron chi connectivity index (χ4n) is 0.275. The number of aromatic nitrogens is 2. The molecule has 0 N–H and O–H groups in total. The van der Waals surface area contributed by atoms with E-state index in [4.69, 9.17) is 0 Å². The summed E-state index contributed by atoms with van der Waals surface area (Å²) in [6.07, 6.45) is 3.76. The molecule has 0 saturated carbocycles. The highest BCUT2D eigenvalue weighted by Crippen LogP contribution is 1.82. The van der Waals surface area contributed by atoms with E-state index < -0.39 is 5.95 Å². The molecule has 0 aliphatic carbocycles. The lowest BCUT2D eigenvalue weighted by Gasteiger charge is -1.77. The summed E-state index contributed by atoms with van der Waals surface area (Å²) in [6.45, 7) is 4.25. The van der Waals surface area contributed by atoms with E-state index in [1.54, 1.807) is 0 Å². The average Bonchev–Trinajstić information content (AvgIpc) is 1.91. The Morgan fingerprint density at radius 1 is 1.50 bits per heavy atom. The standard InChI is InChI=1S/C4H3FN2.C3H8/c5-4-1-2-6-3-7-4;1-3-2/h1-3H;3H2,1-2H3. The molecule has 2 nitrogen and oxygen atoms in total. The van der Waals surface area contributed by atoms with Crippen LogP contribution in [0.2, 0.25) is 0 Å². The Morgan fingerprint density at radius 2 is 2.10 bits per heavy atom. The quantitative estimate of drug-likeness (QED) is 0.518. The zero-order valence-electron chi connectivity index (χ0n) is 6.21. The minimum Gasteiger partial charge on any atom is -0.245 e. The normalized spacial score (nSPS) is 7.90. The highest BCUT2D eigenvalue weighted by atomic mass is 19.1. The van der Waals surface area contributed by atoms with Crippen molar-refractivity contribution in [2.75, 3.05) is 0 Å². The molecule has 0 bridgehead atoms. The fraction of sp³-hybridized carbons (Fsp3) is 0.429. The Bertz CT molecular complexity index is 153. The highest BCUT2D eigenvalue weighted by Gasteiger charge is 1.79. The van der Waals surface area contributed by atoms with Crippen molar-refractivity contribution in [3.05, 3.63) is 24.5 Å². The Morgan fingerprint density at radius 3 is 2.30 bits per heavy atom. The highest BCUT2D eigenvalue weighted by molar-refractivity contribution is 4.79. The van der Waals surface area contributed by atoms with Gasteiger partial charge in [-0.25, -0.2) is 9.97 Å². The second kappa shape index (κ2) is 6.13. The van der Waals surface area contributed by atoms with E-state index in [2.05, 4.69) is 23.8 Å². The van der Waals surface area contributed by atoms with Crippen LogP contribution in [0.4, 0.5) is 4.39 Å². The van der Waals surface area contributed by atoms with E-state index in [-0.39, 0.29) is 0 Å². The van der Waals surface area contributed by atoms with Gasteiger partial charge in [-0.05, 0) is 0 Å². The molecule has 0 aliphatic heterocycles. The smallest absolute Gasteiger partial charge is 0.215 e. The van der Waals surface area contributed by atoms with Crippen LogP contribution >= 0.6 is 0 Å². The SMILES string of the molecule is CCC.Fc1ccncn1. The molecule has 0 aliphatic rings. The molecule has 0 aromatic carbocycles. The predicted molar refractivity (Wildman–Crippen MR) is 38.0 cm³/mol. The maximum absolute atomic E-state index is 11.8. The lowest BCUT2D eigenvalue weighted by atomic mass is 10.6. The molecule has 1 heterocycles. The minimum atomic E-state index is -0.491. The van der Waals surface area contributed by atoms with E-state index in [0.29, 0.717) is 0 Å².